The smallest absolute Gasteiger partial charge is 0.0524 e. The first kappa shape index (κ1) is 12.2. The molecule has 0 aliphatic carbocycles. The molecule has 1 N–H and O–H groups in total. The molecule has 0 saturated carbocycles. The van der Waals surface area contributed by atoms with Gasteiger partial charge in [0, 0.05) is 12.7 Å². The summed E-state index contributed by atoms with van der Waals surface area (Å²) >= 11 is 0. The molecule has 15 heavy (non-hydrogen) atoms. The van der Waals surface area contributed by atoms with Crippen molar-refractivity contribution in [3.05, 3.63) is 18.0 Å². The molecule has 0 aliphatic heterocycles. The van der Waals surface area contributed by atoms with Crippen LogP contribution in [-0.4, -0.2) is 22.9 Å². The van der Waals surface area contributed by atoms with Crippen molar-refractivity contribution in [2.24, 2.45) is 5.92 Å². The Kier molecular flexibility index (Phi) is 4.82. The SMILES string of the molecule is CCNCC(C)C(C)c1cnn(CC)c1. The fraction of sp³-hybridized carbons (Fsp3) is 0.750. The van der Waals surface area contributed by atoms with Gasteiger partial charge >= 0.3 is 0 Å². The number of hydrogen-bond acceptors (Lipinski definition) is 2. The van der Waals surface area contributed by atoms with E-state index in [4.69, 9.17) is 0 Å². The number of rotatable bonds is 6. The van der Waals surface area contributed by atoms with Crippen LogP contribution >= 0.6 is 0 Å². The first-order valence-corrected chi connectivity index (χ1v) is 5.92. The molecular weight excluding hydrogens is 186 g/mol. The number of nitrogens with zero attached hydrogens (tertiary/aromatic N) is 2. The predicted octanol–water partition coefficient (Wildman–Crippen LogP) is 2.25. The van der Waals surface area contributed by atoms with Crippen molar-refractivity contribution in [2.45, 2.75) is 40.2 Å². The van der Waals surface area contributed by atoms with Gasteiger partial charge in [-0.2, -0.15) is 5.10 Å². The highest BCUT2D eigenvalue weighted by Crippen LogP contribution is 2.22. The molecule has 86 valence electrons. The van der Waals surface area contributed by atoms with Crippen molar-refractivity contribution in [3.8, 4) is 0 Å². The van der Waals surface area contributed by atoms with Gasteiger partial charge in [-0.3, -0.25) is 4.68 Å². The molecule has 1 aromatic rings. The topological polar surface area (TPSA) is 29.9 Å². The molecule has 0 saturated heterocycles. The van der Waals surface area contributed by atoms with E-state index in [-0.39, 0.29) is 0 Å². The Hall–Kier alpha value is -0.830. The minimum Gasteiger partial charge on any atom is -0.317 e. The van der Waals surface area contributed by atoms with Gasteiger partial charge in [0.2, 0.25) is 0 Å². The third-order valence-corrected chi connectivity index (χ3v) is 3.07. The standard InChI is InChI=1S/C12H23N3/c1-5-13-7-10(3)11(4)12-8-14-15(6-2)9-12/h8-11,13H,5-7H2,1-4H3. The van der Waals surface area contributed by atoms with Gasteiger partial charge in [-0.05, 0) is 37.4 Å². The maximum Gasteiger partial charge on any atom is 0.0524 e. The zero-order valence-corrected chi connectivity index (χ0v) is 10.3. The summed E-state index contributed by atoms with van der Waals surface area (Å²) in [5.74, 6) is 1.23. The molecular formula is C12H23N3. The second kappa shape index (κ2) is 5.91. The number of nitrogens with one attached hydrogen (secondary N) is 1. The second-order valence-electron chi connectivity index (χ2n) is 4.20. The van der Waals surface area contributed by atoms with E-state index in [2.05, 4.69) is 44.3 Å². The van der Waals surface area contributed by atoms with Crippen LogP contribution in [0.15, 0.2) is 12.4 Å². The van der Waals surface area contributed by atoms with Gasteiger partial charge in [0.25, 0.3) is 0 Å². The molecule has 0 bridgehead atoms. The van der Waals surface area contributed by atoms with Crippen LogP contribution in [0.2, 0.25) is 0 Å². The van der Waals surface area contributed by atoms with Gasteiger partial charge in [0.1, 0.15) is 0 Å². The fourth-order valence-corrected chi connectivity index (χ4v) is 1.66. The van der Waals surface area contributed by atoms with Crippen LogP contribution in [0.4, 0.5) is 0 Å². The van der Waals surface area contributed by atoms with E-state index < -0.39 is 0 Å². The van der Waals surface area contributed by atoms with Crippen molar-refractivity contribution in [1.29, 1.82) is 0 Å². The maximum absolute atomic E-state index is 4.31. The van der Waals surface area contributed by atoms with Crippen molar-refractivity contribution in [1.82, 2.24) is 15.1 Å². The van der Waals surface area contributed by atoms with E-state index in [0.717, 1.165) is 19.6 Å². The average Bonchev–Trinajstić information content (AvgIpc) is 2.73. The lowest BCUT2D eigenvalue weighted by molar-refractivity contribution is 0.453. The molecule has 0 aromatic carbocycles. The first-order valence-electron chi connectivity index (χ1n) is 5.92. The summed E-state index contributed by atoms with van der Waals surface area (Å²) < 4.78 is 1.99. The Morgan fingerprint density at radius 3 is 2.67 bits per heavy atom. The Morgan fingerprint density at radius 1 is 1.40 bits per heavy atom. The quantitative estimate of drug-likeness (QED) is 0.779. The highest BCUT2D eigenvalue weighted by molar-refractivity contribution is 5.11. The number of aryl methyl sites for hydroxylation is 1. The van der Waals surface area contributed by atoms with Gasteiger partial charge in [-0.15, -0.1) is 0 Å². The lowest BCUT2D eigenvalue weighted by Crippen LogP contribution is -2.23. The average molecular weight is 209 g/mol. The molecule has 0 spiro atoms. The third-order valence-electron chi connectivity index (χ3n) is 3.07. The summed E-state index contributed by atoms with van der Waals surface area (Å²) in [6.07, 6.45) is 4.16. The Bertz CT molecular complexity index is 280. The highest BCUT2D eigenvalue weighted by Gasteiger charge is 2.15. The van der Waals surface area contributed by atoms with E-state index in [1.165, 1.54) is 5.56 Å². The zero-order chi connectivity index (χ0) is 11.3. The number of hydrogen-bond donors (Lipinski definition) is 1. The molecule has 3 nitrogen and oxygen atoms in total. The van der Waals surface area contributed by atoms with E-state index in [1.54, 1.807) is 0 Å². The van der Waals surface area contributed by atoms with Crippen molar-refractivity contribution >= 4 is 0 Å². The minimum atomic E-state index is 0.573. The van der Waals surface area contributed by atoms with Crippen molar-refractivity contribution in [2.75, 3.05) is 13.1 Å². The van der Waals surface area contributed by atoms with Crippen LogP contribution in [0.5, 0.6) is 0 Å². The molecule has 0 amide bonds. The summed E-state index contributed by atoms with van der Waals surface area (Å²) in [7, 11) is 0. The molecule has 2 unspecified atom stereocenters. The van der Waals surface area contributed by atoms with Gasteiger partial charge in [-0.1, -0.05) is 20.8 Å². The molecule has 1 heterocycles. The van der Waals surface area contributed by atoms with E-state index in [1.807, 2.05) is 10.9 Å². The minimum absolute atomic E-state index is 0.573. The van der Waals surface area contributed by atoms with Crippen LogP contribution in [0, 0.1) is 5.92 Å². The first-order chi connectivity index (χ1) is 7.19. The summed E-state index contributed by atoms with van der Waals surface area (Å²) in [5, 5.41) is 7.71. The van der Waals surface area contributed by atoms with Gasteiger partial charge < -0.3 is 5.32 Å². The molecule has 1 rings (SSSR count). The summed E-state index contributed by atoms with van der Waals surface area (Å²) in [4.78, 5) is 0. The molecule has 0 aliphatic rings. The lowest BCUT2D eigenvalue weighted by atomic mass is 9.91. The summed E-state index contributed by atoms with van der Waals surface area (Å²) in [6, 6.07) is 0. The largest absolute Gasteiger partial charge is 0.317 e. The number of aromatic nitrogens is 2. The van der Waals surface area contributed by atoms with Gasteiger partial charge in [-0.25, -0.2) is 0 Å². The normalized spacial score (nSPS) is 15.2. The Morgan fingerprint density at radius 2 is 2.13 bits per heavy atom. The maximum atomic E-state index is 4.31. The molecule has 2 atom stereocenters. The van der Waals surface area contributed by atoms with Gasteiger partial charge in [0.05, 0.1) is 6.20 Å². The van der Waals surface area contributed by atoms with E-state index >= 15 is 0 Å². The van der Waals surface area contributed by atoms with Crippen LogP contribution in [0.1, 0.15) is 39.2 Å². The van der Waals surface area contributed by atoms with Crippen molar-refractivity contribution in [3.63, 3.8) is 0 Å². The third kappa shape index (κ3) is 3.34. The molecule has 0 radical (unpaired) electrons. The van der Waals surface area contributed by atoms with Crippen LogP contribution in [0.25, 0.3) is 0 Å². The van der Waals surface area contributed by atoms with Gasteiger partial charge in [0.15, 0.2) is 0 Å². The second-order valence-corrected chi connectivity index (χ2v) is 4.20. The van der Waals surface area contributed by atoms with Crippen molar-refractivity contribution < 1.29 is 0 Å². The highest BCUT2D eigenvalue weighted by atomic mass is 15.3. The monoisotopic (exact) mass is 209 g/mol. The predicted molar refractivity (Wildman–Crippen MR) is 64.0 cm³/mol. The van der Waals surface area contributed by atoms with Crippen LogP contribution in [0.3, 0.4) is 0 Å². The summed E-state index contributed by atoms with van der Waals surface area (Å²) in [6.45, 7) is 11.9. The lowest BCUT2D eigenvalue weighted by Gasteiger charge is -2.18. The molecule has 0 fully saturated rings. The fourth-order valence-electron chi connectivity index (χ4n) is 1.66. The van der Waals surface area contributed by atoms with E-state index in [9.17, 15) is 0 Å². The van der Waals surface area contributed by atoms with Crippen LogP contribution in [-0.2, 0) is 6.54 Å². The zero-order valence-electron chi connectivity index (χ0n) is 10.3. The molecule has 1 aromatic heterocycles. The van der Waals surface area contributed by atoms with Crippen LogP contribution < -0.4 is 5.32 Å². The summed E-state index contributed by atoms with van der Waals surface area (Å²) in [5.41, 5.74) is 1.35. The molecule has 3 heteroatoms. The Balaban J connectivity index is 2.54. The Labute approximate surface area is 92.9 Å². The van der Waals surface area contributed by atoms with E-state index in [0.29, 0.717) is 11.8 Å².